The second kappa shape index (κ2) is 30.0. The van der Waals surface area contributed by atoms with E-state index in [1.54, 1.807) is 103 Å². The van der Waals surface area contributed by atoms with E-state index >= 15 is 0 Å². The summed E-state index contributed by atoms with van der Waals surface area (Å²) in [5, 5.41) is 25.7. The number of rotatable bonds is 15. The first-order valence-corrected chi connectivity index (χ1v) is 36.6. The fraction of sp³-hybridized carbons (Fsp3) is 0.552. The number of nitrogens with two attached hydrogens (primary N) is 1. The third-order valence-electron chi connectivity index (χ3n) is 17.6. The second-order valence-electron chi connectivity index (χ2n) is 27.8. The lowest BCUT2D eigenvalue weighted by molar-refractivity contribution is -0.142. The largest absolute Gasteiger partial charge is 0.435 e. The predicted octanol–water partition coefficient (Wildman–Crippen LogP) is 14.2. The highest BCUT2D eigenvalue weighted by Gasteiger charge is 2.51. The number of nitrogens with zero attached hydrogens (tertiary/aromatic N) is 7. The highest BCUT2D eigenvalue weighted by Crippen LogP contribution is 2.47. The summed E-state index contributed by atoms with van der Waals surface area (Å²) < 4.78 is 215. The Balaban J connectivity index is 0.000000222. The molecule has 2 aromatic heterocycles. The van der Waals surface area contributed by atoms with Crippen LogP contribution in [-0.4, -0.2) is 115 Å². The molecule has 3 fully saturated rings. The lowest BCUT2D eigenvalue weighted by atomic mass is 9.91. The zero-order chi connectivity index (χ0) is 73.8. The van der Waals surface area contributed by atoms with E-state index in [9.17, 15) is 74.8 Å². The topological polar surface area (TPSA) is 269 Å². The first kappa shape index (κ1) is 80.5. The van der Waals surface area contributed by atoms with E-state index in [1.165, 1.54) is 26.0 Å². The van der Waals surface area contributed by atoms with Crippen LogP contribution in [0.1, 0.15) is 153 Å². The zero-order valence-corrected chi connectivity index (χ0v) is 60.4. The van der Waals surface area contributed by atoms with Crippen LogP contribution in [0.25, 0.3) is 0 Å². The molecule has 3 saturated heterocycles. The summed E-state index contributed by atoms with van der Waals surface area (Å²) in [4.78, 5) is 15.9. The number of carbonyl (C=O) groups excluding carboxylic acids is 1. The normalized spacial score (nSPS) is 22.8. The molecular formula is C67H82BrF9N8O10S3. The van der Waals surface area contributed by atoms with Crippen molar-refractivity contribution in [3.05, 3.63) is 136 Å². The van der Waals surface area contributed by atoms with Crippen LogP contribution < -0.4 is 5.73 Å². The lowest BCUT2D eigenvalue weighted by Gasteiger charge is -2.38. The van der Waals surface area contributed by atoms with E-state index in [4.69, 9.17) is 25.2 Å². The highest BCUT2D eigenvalue weighted by atomic mass is 79.9. The van der Waals surface area contributed by atoms with Gasteiger partial charge >= 0.3 is 18.5 Å². The van der Waals surface area contributed by atoms with Gasteiger partial charge in [0.15, 0.2) is 40.9 Å². The Morgan fingerprint density at radius 1 is 0.571 bits per heavy atom. The van der Waals surface area contributed by atoms with Crippen LogP contribution in [-0.2, 0) is 74.0 Å². The third-order valence-corrected chi connectivity index (χ3v) is 26.6. The number of amides is 1. The highest BCUT2D eigenvalue weighted by molar-refractivity contribution is 9.09. The molecule has 18 nitrogen and oxygen atoms in total. The zero-order valence-electron chi connectivity index (χ0n) is 56.4. The third kappa shape index (κ3) is 18.9. The van der Waals surface area contributed by atoms with Gasteiger partial charge in [0, 0.05) is 25.2 Å². The number of hydrogen-bond donors (Lipinski definition) is 1. The van der Waals surface area contributed by atoms with Crippen LogP contribution in [0, 0.1) is 59.7 Å². The first-order chi connectivity index (χ1) is 44.9. The maximum Gasteiger partial charge on any atom is 0.435 e. The number of aryl methyl sites for hydroxylation is 3. The molecule has 1 amide bonds. The van der Waals surface area contributed by atoms with Crippen molar-refractivity contribution in [3.8, 4) is 12.1 Å². The number of nitriles is 2. The number of aromatic nitrogens is 4. The van der Waals surface area contributed by atoms with Crippen molar-refractivity contribution >= 4 is 57.1 Å². The first-order valence-electron chi connectivity index (χ1n) is 31.0. The van der Waals surface area contributed by atoms with E-state index in [0.717, 1.165) is 49.6 Å². The number of ether oxygens (including phenoxy) is 3. The molecule has 3 aromatic carbocycles. The molecule has 0 aliphatic carbocycles. The van der Waals surface area contributed by atoms with Crippen molar-refractivity contribution in [2.24, 2.45) is 27.0 Å². The molecular weight excluding hydrogens is 1420 g/mol. The van der Waals surface area contributed by atoms with E-state index < -0.39 is 114 Å². The van der Waals surface area contributed by atoms with Gasteiger partial charge in [-0.15, -0.1) is 0 Å². The summed E-state index contributed by atoms with van der Waals surface area (Å²) in [6, 6.07) is 25.7. The van der Waals surface area contributed by atoms with Gasteiger partial charge < -0.3 is 19.9 Å². The maximum atomic E-state index is 13.5. The molecule has 5 aromatic rings. The van der Waals surface area contributed by atoms with Crippen molar-refractivity contribution in [3.63, 3.8) is 0 Å². The van der Waals surface area contributed by atoms with Gasteiger partial charge in [0.25, 0.3) is 0 Å². The molecule has 538 valence electrons. The molecule has 0 bridgehead atoms. The molecule has 4 aliphatic heterocycles. The quantitative estimate of drug-likeness (QED) is 0.0754. The number of carbonyl (C=O) groups is 1. The molecule has 2 N–H and O–H groups in total. The van der Waals surface area contributed by atoms with Crippen LogP contribution in [0.2, 0.25) is 0 Å². The Labute approximate surface area is 575 Å². The molecule has 4 aliphatic rings. The number of aliphatic imine (C=N–C) groups is 1. The fourth-order valence-corrected chi connectivity index (χ4v) is 16.9. The Hall–Kier alpha value is -6.48. The lowest BCUT2D eigenvalue weighted by Crippen LogP contribution is -2.45. The number of benzene rings is 3. The van der Waals surface area contributed by atoms with Gasteiger partial charge in [0.1, 0.15) is 17.9 Å². The van der Waals surface area contributed by atoms with Gasteiger partial charge in [0.05, 0.1) is 94.4 Å². The van der Waals surface area contributed by atoms with Crippen LogP contribution in [0.15, 0.2) is 116 Å². The van der Waals surface area contributed by atoms with Gasteiger partial charge in [-0.1, -0.05) is 52.3 Å². The Kier molecular flexibility index (Phi) is 24.6. The summed E-state index contributed by atoms with van der Waals surface area (Å²) in [5.41, 5.74) is 2.83. The monoisotopic (exact) mass is 1500 g/mol. The van der Waals surface area contributed by atoms with E-state index in [0.29, 0.717) is 12.0 Å². The number of alkyl halides is 10. The number of halogens is 10. The molecule has 31 heteroatoms. The SMILES string of the molecule is CC(C)(C#N)CBr.Cc1cccc(S(=O)(=O)C2(C)CCOC(C3=CC(C(F)(F)F)=NC3)C2)c1.Cc1cccc(S(=O)(=O)C2(C)CCOC(c3cc(C(F)(F)F)nn3CC(C)(C)C#N)C2)c1.Cc1cccc(S(=O)(=O)C2(C)CCOC(c3cc(C(F)(F)F)nn3CC(C)(C)C(N)=O)C2)c1. The number of sulfone groups is 3. The van der Waals surface area contributed by atoms with Crippen LogP contribution in [0.3, 0.4) is 0 Å². The molecule has 0 saturated carbocycles. The van der Waals surface area contributed by atoms with E-state index in [2.05, 4.69) is 43.3 Å². The van der Waals surface area contributed by atoms with Gasteiger partial charge in [-0.3, -0.25) is 19.2 Å². The number of allylic oxidation sites excluding steroid dienone is 1. The predicted molar refractivity (Wildman–Crippen MR) is 352 cm³/mol. The molecule has 9 rings (SSSR count). The number of primary amides is 1. The summed E-state index contributed by atoms with van der Waals surface area (Å²) in [7, 11) is -11.3. The van der Waals surface area contributed by atoms with Gasteiger partial charge in [-0.05, 0) is 198 Å². The molecule has 6 atom stereocenters. The molecule has 98 heavy (non-hydrogen) atoms. The fourth-order valence-electron chi connectivity index (χ4n) is 11.1. The van der Waals surface area contributed by atoms with Gasteiger partial charge in [-0.2, -0.15) is 60.2 Å². The van der Waals surface area contributed by atoms with Crippen LogP contribution in [0.5, 0.6) is 0 Å². The standard InChI is InChI=1S/C22H28F3N3O4S.C22H26F3N3O3S.C18H20F3NO3S.C5H8BrN/c1-14-6-5-7-15(10-14)33(30,31)21(4)8-9-32-17(12-21)16-11-18(22(23,24)25)27-28(16)13-20(2,3)19(26)29;1-15-6-5-7-16(10-15)32(29,30)21(4)8-9-31-18(12-21)17-11-19(22(23,24)25)27-28(17)14-20(2,3)13-26;1-12-4-3-5-14(8-12)26(23,24)17(2)6-7-25-15(10-17)13-9-16(22-11-13)18(19,20)21;1-5(2,3-6)4-7/h5-7,10-11,17H,8-9,12-13H2,1-4H3,(H2,26,29);5-7,10-11,18H,8-9,12,14H2,1-4H3;3-5,8-9,15H,6-7,10-11H2,1-2H3;3H2,1-2H3. The minimum Gasteiger partial charge on any atom is -0.374 e. The van der Waals surface area contributed by atoms with E-state index in [-0.39, 0.29) is 103 Å². The summed E-state index contributed by atoms with van der Waals surface area (Å²) in [5.74, 6) is -0.700. The molecule has 0 spiro atoms. The van der Waals surface area contributed by atoms with Crippen LogP contribution >= 0.6 is 15.9 Å². The van der Waals surface area contributed by atoms with Crippen molar-refractivity contribution in [2.45, 2.75) is 200 Å². The average molecular weight is 1510 g/mol. The van der Waals surface area contributed by atoms with Crippen molar-refractivity contribution in [1.29, 1.82) is 10.5 Å². The Bertz CT molecular complexity index is 4230. The van der Waals surface area contributed by atoms with Gasteiger partial charge in [-0.25, -0.2) is 25.3 Å². The van der Waals surface area contributed by atoms with Crippen molar-refractivity contribution < 1.29 is 83.8 Å². The summed E-state index contributed by atoms with van der Waals surface area (Å²) in [6.07, 6.45) is -14.8. The summed E-state index contributed by atoms with van der Waals surface area (Å²) in [6.45, 7) is 20.1. The minimum atomic E-state index is -4.72. The average Bonchev–Trinajstić information content (AvgIpc) is 1.06. The van der Waals surface area contributed by atoms with Gasteiger partial charge in [0.2, 0.25) is 5.91 Å². The summed E-state index contributed by atoms with van der Waals surface area (Å²) >= 11 is 3.21. The van der Waals surface area contributed by atoms with Crippen molar-refractivity contribution in [1.82, 2.24) is 19.6 Å². The Morgan fingerprint density at radius 3 is 1.21 bits per heavy atom. The second-order valence-corrected chi connectivity index (χ2v) is 35.7. The maximum absolute atomic E-state index is 13.5. The number of hydrogen-bond acceptors (Lipinski definition) is 15. The Morgan fingerprint density at radius 2 is 0.918 bits per heavy atom. The molecule has 6 heterocycles. The molecule has 6 unspecified atom stereocenters. The van der Waals surface area contributed by atoms with Crippen LogP contribution in [0.4, 0.5) is 39.5 Å². The van der Waals surface area contributed by atoms with E-state index in [1.807, 2.05) is 26.8 Å². The minimum absolute atomic E-state index is 0.0285. The molecule has 0 radical (unpaired) electrons. The smallest absolute Gasteiger partial charge is 0.374 e. The van der Waals surface area contributed by atoms with Crippen molar-refractivity contribution in [2.75, 3.05) is 31.7 Å².